The van der Waals surface area contributed by atoms with Gasteiger partial charge >= 0.3 is 27.8 Å². The van der Waals surface area contributed by atoms with Crippen LogP contribution in [-0.2, 0) is 23.8 Å². The zero-order chi connectivity index (χ0) is 33.8. The normalized spacial score (nSPS) is 19.7. The molecular weight excluding hydrogens is 601 g/mol. The number of halogens is 3. The Kier molecular flexibility index (Phi) is 11.6. The standard InChI is InChI=1S/C19H27NO2.C12H18F3NO5S/c1-13-7-10-17(16-9-8-14(2)15(3)11-16)20(12-13)18(21)22-19(4,5)6;1-8-5-6-9(21-22(18,19)12(13,14)15)16(7-8)10(17)20-11(2,3)4/h8-11,13H,7,12H2,1-6H3;6,8H,5,7H2,1-4H3/t13-;8-/m00/s1. The first-order chi connectivity index (χ1) is 19.9. The van der Waals surface area contributed by atoms with E-state index in [-0.39, 0.29) is 25.0 Å². The van der Waals surface area contributed by atoms with Crippen LogP contribution in [0.4, 0.5) is 22.8 Å². The van der Waals surface area contributed by atoms with E-state index >= 15 is 0 Å². The van der Waals surface area contributed by atoms with Gasteiger partial charge in [0.2, 0.25) is 5.88 Å². The first kappa shape index (κ1) is 37.0. The van der Waals surface area contributed by atoms with Gasteiger partial charge in [-0.05, 0) is 109 Å². The Balaban J connectivity index is 0.000000307. The Morgan fingerprint density at radius 3 is 1.75 bits per heavy atom. The van der Waals surface area contributed by atoms with Crippen LogP contribution in [0, 0.1) is 25.7 Å². The molecule has 3 rings (SSSR count). The molecule has 0 radical (unpaired) electrons. The van der Waals surface area contributed by atoms with Crippen molar-refractivity contribution in [2.24, 2.45) is 11.8 Å². The molecule has 0 unspecified atom stereocenters. The molecule has 2 atom stereocenters. The smallest absolute Gasteiger partial charge is 0.443 e. The number of amides is 2. The zero-order valence-electron chi connectivity index (χ0n) is 27.2. The van der Waals surface area contributed by atoms with E-state index in [2.05, 4.69) is 49.2 Å². The molecule has 13 heteroatoms. The second-order valence-electron chi connectivity index (χ2n) is 13.3. The second-order valence-corrected chi connectivity index (χ2v) is 14.8. The third kappa shape index (κ3) is 10.7. The van der Waals surface area contributed by atoms with Gasteiger partial charge < -0.3 is 13.7 Å². The van der Waals surface area contributed by atoms with Gasteiger partial charge in [0, 0.05) is 13.1 Å². The Morgan fingerprint density at radius 2 is 1.27 bits per heavy atom. The highest BCUT2D eigenvalue weighted by atomic mass is 32.2. The van der Waals surface area contributed by atoms with Crippen LogP contribution in [-0.4, -0.2) is 60.2 Å². The predicted octanol–water partition coefficient (Wildman–Crippen LogP) is 7.89. The average molecular weight is 647 g/mol. The number of allylic oxidation sites excluding steroid dienone is 2. The summed E-state index contributed by atoms with van der Waals surface area (Å²) in [6.45, 7) is 19.2. The summed E-state index contributed by atoms with van der Waals surface area (Å²) in [6.07, 6.45) is 3.32. The summed E-state index contributed by atoms with van der Waals surface area (Å²) < 4.78 is 74.0. The third-order valence-electron chi connectivity index (χ3n) is 6.46. The molecule has 0 aliphatic carbocycles. The van der Waals surface area contributed by atoms with Gasteiger partial charge in [0.1, 0.15) is 11.2 Å². The van der Waals surface area contributed by atoms with Crippen LogP contribution in [0.3, 0.4) is 0 Å². The molecule has 1 aromatic rings. The molecule has 0 aromatic heterocycles. The van der Waals surface area contributed by atoms with E-state index in [0.717, 1.165) is 28.7 Å². The monoisotopic (exact) mass is 646 g/mol. The van der Waals surface area contributed by atoms with E-state index in [1.54, 1.807) is 32.6 Å². The molecule has 0 saturated heterocycles. The number of benzene rings is 1. The third-order valence-corrected chi connectivity index (χ3v) is 7.42. The Hall–Kier alpha value is -3.22. The minimum Gasteiger partial charge on any atom is -0.443 e. The van der Waals surface area contributed by atoms with Gasteiger partial charge in [0.05, 0.1) is 5.70 Å². The zero-order valence-corrected chi connectivity index (χ0v) is 28.0. The van der Waals surface area contributed by atoms with Crippen molar-refractivity contribution in [2.45, 2.75) is 98.8 Å². The van der Waals surface area contributed by atoms with Crippen molar-refractivity contribution in [1.82, 2.24) is 9.80 Å². The van der Waals surface area contributed by atoms with E-state index in [1.165, 1.54) is 11.1 Å². The maximum absolute atomic E-state index is 12.6. The summed E-state index contributed by atoms with van der Waals surface area (Å²) in [5.41, 5.74) is -2.39. The quantitative estimate of drug-likeness (QED) is 0.243. The van der Waals surface area contributed by atoms with Gasteiger partial charge in [-0.1, -0.05) is 32.1 Å². The van der Waals surface area contributed by atoms with Gasteiger partial charge in [-0.25, -0.2) is 14.5 Å². The summed E-state index contributed by atoms with van der Waals surface area (Å²) in [7, 11) is -5.84. The lowest BCUT2D eigenvalue weighted by Gasteiger charge is -2.34. The fourth-order valence-electron chi connectivity index (χ4n) is 4.18. The van der Waals surface area contributed by atoms with E-state index in [0.29, 0.717) is 12.5 Å². The number of alkyl halides is 3. The molecule has 0 fully saturated rings. The molecular formula is C31H45F3N2O7S. The lowest BCUT2D eigenvalue weighted by Crippen LogP contribution is -2.42. The first-order valence-corrected chi connectivity index (χ1v) is 15.8. The molecule has 2 amide bonds. The van der Waals surface area contributed by atoms with Crippen molar-refractivity contribution < 1.29 is 44.8 Å². The molecule has 9 nitrogen and oxygen atoms in total. The highest BCUT2D eigenvalue weighted by Gasteiger charge is 2.50. The van der Waals surface area contributed by atoms with E-state index in [4.69, 9.17) is 9.47 Å². The maximum Gasteiger partial charge on any atom is 0.534 e. The molecule has 0 bridgehead atoms. The summed E-state index contributed by atoms with van der Waals surface area (Å²) in [6, 6.07) is 6.34. The van der Waals surface area contributed by atoms with Crippen molar-refractivity contribution >= 4 is 28.0 Å². The van der Waals surface area contributed by atoms with Gasteiger partial charge in [-0.2, -0.15) is 21.6 Å². The van der Waals surface area contributed by atoms with E-state index in [9.17, 15) is 31.2 Å². The fraction of sp³-hybridized carbons (Fsp3) is 0.613. The van der Waals surface area contributed by atoms with Crippen LogP contribution in [0.2, 0.25) is 0 Å². The number of hydrogen-bond donors (Lipinski definition) is 0. The number of hydrogen-bond acceptors (Lipinski definition) is 7. The van der Waals surface area contributed by atoms with Crippen LogP contribution in [0.25, 0.3) is 5.70 Å². The van der Waals surface area contributed by atoms with Crippen LogP contribution in [0.15, 0.2) is 36.2 Å². The van der Waals surface area contributed by atoms with Crippen molar-refractivity contribution in [3.63, 3.8) is 0 Å². The summed E-state index contributed by atoms with van der Waals surface area (Å²) >= 11 is 0. The van der Waals surface area contributed by atoms with Crippen LogP contribution in [0.5, 0.6) is 0 Å². The van der Waals surface area contributed by atoms with Gasteiger partial charge in [-0.3, -0.25) is 4.90 Å². The predicted molar refractivity (Wildman–Crippen MR) is 161 cm³/mol. The topological polar surface area (TPSA) is 102 Å². The lowest BCUT2D eigenvalue weighted by molar-refractivity contribution is -0.0546. The molecule has 0 spiro atoms. The highest BCUT2D eigenvalue weighted by molar-refractivity contribution is 7.87. The van der Waals surface area contributed by atoms with E-state index in [1.807, 2.05) is 20.8 Å². The minimum absolute atomic E-state index is 0.00583. The number of carbonyl (C=O) groups is 2. The van der Waals surface area contributed by atoms with Gasteiger partial charge in [0.15, 0.2) is 0 Å². The molecule has 0 N–H and O–H groups in total. The molecule has 2 aliphatic rings. The molecule has 248 valence electrons. The number of carbonyl (C=O) groups excluding carboxylic acids is 2. The first-order valence-electron chi connectivity index (χ1n) is 14.4. The molecule has 0 saturated carbocycles. The number of ether oxygens (including phenoxy) is 2. The summed E-state index contributed by atoms with van der Waals surface area (Å²) in [4.78, 5) is 27.1. The van der Waals surface area contributed by atoms with Crippen LogP contribution >= 0.6 is 0 Å². The maximum atomic E-state index is 12.6. The second kappa shape index (κ2) is 13.8. The van der Waals surface area contributed by atoms with Gasteiger partial charge in [0.25, 0.3) is 0 Å². The number of aryl methyl sites for hydroxylation is 2. The van der Waals surface area contributed by atoms with Crippen molar-refractivity contribution in [3.05, 3.63) is 52.9 Å². The Labute approximate surface area is 259 Å². The summed E-state index contributed by atoms with van der Waals surface area (Å²) in [5.74, 6) is -0.319. The van der Waals surface area contributed by atoms with Crippen molar-refractivity contribution in [1.29, 1.82) is 0 Å². The van der Waals surface area contributed by atoms with Crippen molar-refractivity contribution in [2.75, 3.05) is 13.1 Å². The van der Waals surface area contributed by atoms with Crippen molar-refractivity contribution in [3.8, 4) is 0 Å². The molecule has 2 heterocycles. The lowest BCUT2D eigenvalue weighted by atomic mass is 9.96. The minimum atomic E-state index is -5.84. The molecule has 2 aliphatic heterocycles. The SMILES string of the molecule is C[C@H]1CC=C(OS(=O)(=O)C(F)(F)F)N(C(=O)OC(C)(C)C)C1.Cc1ccc(C2=CC[C@H](C)CN2C(=O)OC(C)(C)C)cc1C. The average Bonchev–Trinajstić information content (AvgIpc) is 2.84. The van der Waals surface area contributed by atoms with E-state index < -0.39 is 38.8 Å². The summed E-state index contributed by atoms with van der Waals surface area (Å²) in [5, 5.41) is 0. The van der Waals surface area contributed by atoms with Crippen LogP contribution < -0.4 is 0 Å². The highest BCUT2D eigenvalue weighted by Crippen LogP contribution is 2.32. The number of rotatable bonds is 3. The van der Waals surface area contributed by atoms with Crippen LogP contribution in [0.1, 0.15) is 84.9 Å². The largest absolute Gasteiger partial charge is 0.534 e. The molecule has 1 aromatic carbocycles. The fourth-order valence-corrected chi connectivity index (χ4v) is 4.66. The van der Waals surface area contributed by atoms with Gasteiger partial charge in [-0.15, -0.1) is 0 Å². The molecule has 44 heavy (non-hydrogen) atoms. The Bertz CT molecular complexity index is 1370. The number of nitrogens with zero attached hydrogens (tertiary/aromatic N) is 2. The Morgan fingerprint density at radius 1 is 0.795 bits per heavy atom.